The molecule has 0 atom stereocenters. The molecule has 16 nitrogen and oxygen atoms in total. The van der Waals surface area contributed by atoms with Gasteiger partial charge >= 0.3 is 0 Å². The Morgan fingerprint density at radius 2 is 1.54 bits per heavy atom. The highest BCUT2D eigenvalue weighted by Gasteiger charge is 1.95. The summed E-state index contributed by atoms with van der Waals surface area (Å²) in [5, 5.41) is 35.4. The Hall–Kier alpha value is -4.37. The van der Waals surface area contributed by atoms with Crippen LogP contribution in [0, 0.1) is 20.8 Å². The van der Waals surface area contributed by atoms with Gasteiger partial charge in [0.25, 0.3) is 0 Å². The first-order valence-electron chi connectivity index (χ1n) is 11.9. The van der Waals surface area contributed by atoms with Crippen molar-refractivity contribution in [2.45, 2.75) is 74.5 Å². The molecule has 0 aromatic carbocycles. The average molecular weight is 515 g/mol. The van der Waals surface area contributed by atoms with Crippen LogP contribution in [0.25, 0.3) is 0 Å². The minimum absolute atomic E-state index is 0.764. The van der Waals surface area contributed by atoms with Crippen molar-refractivity contribution in [2.24, 2.45) is 7.05 Å². The Kier molecular flexibility index (Phi) is 14.9. The van der Waals surface area contributed by atoms with Gasteiger partial charge < -0.3 is 9.13 Å². The third-order valence-corrected chi connectivity index (χ3v) is 4.74. The van der Waals surface area contributed by atoms with Gasteiger partial charge in [-0.25, -0.2) is 14.6 Å². The van der Waals surface area contributed by atoms with Crippen LogP contribution in [0.2, 0.25) is 0 Å². The van der Waals surface area contributed by atoms with Gasteiger partial charge in [0.05, 0.1) is 6.33 Å². The predicted molar refractivity (Wildman–Crippen MR) is 136 cm³/mol. The number of nitrogens with zero attached hydrogens (tertiary/aromatic N) is 15. The predicted octanol–water partition coefficient (Wildman–Crippen LogP) is 1.40. The fourth-order valence-corrected chi connectivity index (χ4v) is 2.26. The Balaban J connectivity index is 0.000000232. The number of rotatable bonds is 4. The van der Waals surface area contributed by atoms with Gasteiger partial charge in [-0.1, -0.05) is 12.1 Å². The van der Waals surface area contributed by atoms with E-state index in [1.54, 1.807) is 28.2 Å². The molecule has 0 saturated carbocycles. The van der Waals surface area contributed by atoms with E-state index in [2.05, 4.69) is 68.3 Å². The van der Waals surface area contributed by atoms with E-state index in [1.165, 1.54) is 6.33 Å². The van der Waals surface area contributed by atoms with Crippen LogP contribution in [-0.4, -0.2) is 79.9 Å². The van der Waals surface area contributed by atoms with E-state index in [0.29, 0.717) is 0 Å². The van der Waals surface area contributed by atoms with Gasteiger partial charge in [0, 0.05) is 45.5 Å². The molecule has 16 heteroatoms. The molecule has 1 N–H and O–H groups in total. The van der Waals surface area contributed by atoms with Gasteiger partial charge in [-0.3, -0.25) is 4.68 Å². The van der Waals surface area contributed by atoms with E-state index < -0.39 is 0 Å². The molecular weight excluding hydrogens is 476 g/mol. The maximum Gasteiger partial charge on any atom is 0.174 e. The number of aryl methyl sites for hydroxylation is 7. The van der Waals surface area contributed by atoms with Crippen LogP contribution in [0.15, 0.2) is 31.4 Å². The van der Waals surface area contributed by atoms with E-state index in [1.807, 2.05) is 63.9 Å². The highest BCUT2D eigenvalue weighted by atomic mass is 15.5. The molecule has 0 bridgehead atoms. The highest BCUT2D eigenvalue weighted by Crippen LogP contribution is 1.92. The summed E-state index contributed by atoms with van der Waals surface area (Å²) < 4.78 is 7.46. The minimum Gasteiger partial charge on any atom is -0.338 e. The topological polar surface area (TPSA) is 177 Å². The van der Waals surface area contributed by atoms with Gasteiger partial charge in [0.1, 0.15) is 30.1 Å². The smallest absolute Gasteiger partial charge is 0.174 e. The minimum atomic E-state index is 0.764. The third kappa shape index (κ3) is 12.2. The van der Waals surface area contributed by atoms with Crippen molar-refractivity contribution in [3.05, 3.63) is 54.7 Å². The zero-order valence-corrected chi connectivity index (χ0v) is 22.9. The van der Waals surface area contributed by atoms with Crippen LogP contribution in [0.3, 0.4) is 0 Å². The maximum atomic E-state index is 3.86. The second kappa shape index (κ2) is 18.0. The lowest BCUT2D eigenvalue weighted by Crippen LogP contribution is -1.98. The summed E-state index contributed by atoms with van der Waals surface area (Å²) in [6.45, 7) is 16.6. The first-order valence-corrected chi connectivity index (χ1v) is 11.9. The molecule has 0 amide bonds. The van der Waals surface area contributed by atoms with Crippen LogP contribution in [0.5, 0.6) is 0 Å². The number of tetrazole rings is 2. The molecule has 0 aliphatic heterocycles. The largest absolute Gasteiger partial charge is 0.338 e. The Bertz CT molecular complexity index is 1050. The Morgan fingerprint density at radius 1 is 0.811 bits per heavy atom. The lowest BCUT2D eigenvalue weighted by atomic mass is 10.5. The number of aromatic nitrogens is 16. The molecule has 0 fully saturated rings. The van der Waals surface area contributed by atoms with Crippen molar-refractivity contribution in [1.82, 2.24) is 79.9 Å². The first-order chi connectivity index (χ1) is 17.9. The van der Waals surface area contributed by atoms with Crippen LogP contribution >= 0.6 is 0 Å². The van der Waals surface area contributed by atoms with Crippen LogP contribution in [0.1, 0.15) is 51.0 Å². The zero-order chi connectivity index (χ0) is 27.5. The summed E-state index contributed by atoms with van der Waals surface area (Å²) >= 11 is 0. The van der Waals surface area contributed by atoms with E-state index in [-0.39, 0.29) is 0 Å². The highest BCUT2D eigenvalue weighted by molar-refractivity contribution is 4.88. The molecule has 5 aromatic rings. The third-order valence-electron chi connectivity index (χ3n) is 4.74. The van der Waals surface area contributed by atoms with E-state index in [4.69, 9.17) is 0 Å². The van der Waals surface area contributed by atoms with Gasteiger partial charge in [0.15, 0.2) is 5.82 Å². The van der Waals surface area contributed by atoms with Crippen LogP contribution in [0.4, 0.5) is 0 Å². The van der Waals surface area contributed by atoms with Crippen molar-refractivity contribution in [3.8, 4) is 0 Å². The first kappa shape index (κ1) is 30.7. The van der Waals surface area contributed by atoms with Crippen LogP contribution < -0.4 is 0 Å². The van der Waals surface area contributed by atoms with Crippen molar-refractivity contribution in [1.29, 1.82) is 0 Å². The number of hydrogen-bond acceptors (Lipinski definition) is 11. The lowest BCUT2D eigenvalue weighted by molar-refractivity contribution is 0.611. The number of imidazole rings is 1. The van der Waals surface area contributed by atoms with Gasteiger partial charge in [0.2, 0.25) is 0 Å². The van der Waals surface area contributed by atoms with E-state index >= 15 is 0 Å². The molecule has 37 heavy (non-hydrogen) atoms. The normalized spacial score (nSPS) is 9.51. The van der Waals surface area contributed by atoms with Crippen LogP contribution in [-0.2, 0) is 33.1 Å². The molecule has 202 valence electrons. The Morgan fingerprint density at radius 3 is 1.78 bits per heavy atom. The standard InChI is InChI=1S/C5H9N3.C5H8N2.C4H8N4.C4H7N3.C3H6N4/c1-4-6-7-5(2)8(4)3;1-2-7-4-3-6-5-7;1-3-8-4(2)5-6-7-8;1-2-7-4-5-3-6-7;1-2-3-4-6-7-5-3/h1-3H3;3-5H,2H2,1H3;3H2,1-2H3;3-4H,2H2,1H3;2H2,1H3,(H,4,5,6,7). The molecule has 0 radical (unpaired) electrons. The summed E-state index contributed by atoms with van der Waals surface area (Å²) in [6, 6.07) is 0. The molecule has 0 unspecified atom stereocenters. The maximum absolute atomic E-state index is 3.86. The van der Waals surface area contributed by atoms with E-state index in [0.717, 1.165) is 49.4 Å². The van der Waals surface area contributed by atoms with Crippen molar-refractivity contribution >= 4 is 0 Å². The fraction of sp³-hybridized carbons (Fsp3) is 0.571. The summed E-state index contributed by atoms with van der Waals surface area (Å²) in [6.07, 6.45) is 9.60. The van der Waals surface area contributed by atoms with Gasteiger partial charge in [-0.2, -0.15) is 10.3 Å². The number of nitrogens with one attached hydrogen (secondary N) is 1. The molecule has 5 rings (SSSR count). The molecule has 0 saturated heterocycles. The fourth-order valence-electron chi connectivity index (χ4n) is 2.26. The molecular formula is C21H38N16. The van der Waals surface area contributed by atoms with Gasteiger partial charge in [-0.05, 0) is 52.0 Å². The lowest BCUT2D eigenvalue weighted by Gasteiger charge is -1.90. The van der Waals surface area contributed by atoms with Gasteiger partial charge in [-0.15, -0.1) is 25.5 Å². The quantitative estimate of drug-likeness (QED) is 0.366. The van der Waals surface area contributed by atoms with Crippen molar-refractivity contribution in [2.75, 3.05) is 0 Å². The number of H-pyrrole nitrogens is 1. The molecule has 0 aliphatic rings. The zero-order valence-electron chi connectivity index (χ0n) is 22.9. The number of hydrogen-bond donors (Lipinski definition) is 1. The molecule has 0 aliphatic carbocycles. The second-order valence-corrected chi connectivity index (χ2v) is 7.22. The Labute approximate surface area is 216 Å². The number of aromatic amines is 1. The SMILES string of the molecule is CCc1nn[nH]n1.CCn1ccnc1.CCn1cncn1.CCn1nnnc1C.Cc1nnc(C)n1C. The summed E-state index contributed by atoms with van der Waals surface area (Å²) in [7, 11) is 1.95. The van der Waals surface area contributed by atoms with Crippen molar-refractivity contribution < 1.29 is 0 Å². The molecule has 5 aromatic heterocycles. The summed E-state index contributed by atoms with van der Waals surface area (Å²) in [5.41, 5.74) is 0. The second-order valence-electron chi connectivity index (χ2n) is 7.22. The summed E-state index contributed by atoms with van der Waals surface area (Å²) in [4.78, 5) is 7.60. The van der Waals surface area contributed by atoms with Crippen molar-refractivity contribution in [3.63, 3.8) is 0 Å². The van der Waals surface area contributed by atoms with E-state index in [9.17, 15) is 0 Å². The molecule has 5 heterocycles. The monoisotopic (exact) mass is 514 g/mol. The molecule has 0 spiro atoms. The average Bonchev–Trinajstić information content (AvgIpc) is 3.76. The summed E-state index contributed by atoms with van der Waals surface area (Å²) in [5.74, 6) is 3.55.